The van der Waals surface area contributed by atoms with Gasteiger partial charge in [0.1, 0.15) is 0 Å². The molecule has 0 spiro atoms. The van der Waals surface area contributed by atoms with E-state index in [0.29, 0.717) is 0 Å². The monoisotopic (exact) mass is 305 g/mol. The number of pyridine rings is 1. The standard InChI is InChI=1S/C15H19N3O2S/c1-12(17-21(19,20)18(2)3)13-6-8-14(9-7-13)15-5-4-10-16-11-15/h4-12,17H,1-3H3/t12-/m0/s1. The van der Waals surface area contributed by atoms with Gasteiger partial charge in [0.05, 0.1) is 0 Å². The van der Waals surface area contributed by atoms with E-state index in [-0.39, 0.29) is 6.04 Å². The van der Waals surface area contributed by atoms with Crippen LogP contribution in [0.4, 0.5) is 0 Å². The molecule has 0 fully saturated rings. The Balaban J connectivity index is 2.16. The van der Waals surface area contributed by atoms with Crippen LogP contribution in [0.15, 0.2) is 48.8 Å². The highest BCUT2D eigenvalue weighted by Gasteiger charge is 2.17. The van der Waals surface area contributed by atoms with E-state index in [0.717, 1.165) is 21.0 Å². The van der Waals surface area contributed by atoms with Crippen LogP contribution in [0.3, 0.4) is 0 Å². The largest absolute Gasteiger partial charge is 0.279 e. The molecule has 6 heteroatoms. The van der Waals surface area contributed by atoms with Crippen molar-refractivity contribution in [3.8, 4) is 11.1 Å². The topological polar surface area (TPSA) is 62.3 Å². The second-order valence-electron chi connectivity index (χ2n) is 4.99. The molecule has 2 rings (SSSR count). The van der Waals surface area contributed by atoms with Crippen LogP contribution < -0.4 is 4.72 Å². The van der Waals surface area contributed by atoms with Crippen molar-refractivity contribution in [2.45, 2.75) is 13.0 Å². The molecule has 0 aliphatic rings. The summed E-state index contributed by atoms with van der Waals surface area (Å²) in [7, 11) is -0.433. The average molecular weight is 305 g/mol. The summed E-state index contributed by atoms with van der Waals surface area (Å²) < 4.78 is 27.4. The number of hydrogen-bond acceptors (Lipinski definition) is 3. The maximum atomic E-state index is 11.8. The van der Waals surface area contributed by atoms with Crippen molar-refractivity contribution < 1.29 is 8.42 Å². The van der Waals surface area contributed by atoms with Crippen molar-refractivity contribution >= 4 is 10.2 Å². The fourth-order valence-corrected chi connectivity index (χ4v) is 2.69. The molecule has 1 N–H and O–H groups in total. The molecule has 0 unspecified atom stereocenters. The van der Waals surface area contributed by atoms with Gasteiger partial charge < -0.3 is 0 Å². The average Bonchev–Trinajstić information content (AvgIpc) is 2.48. The van der Waals surface area contributed by atoms with Crippen LogP contribution in [0, 0.1) is 0 Å². The van der Waals surface area contributed by atoms with E-state index in [4.69, 9.17) is 0 Å². The van der Waals surface area contributed by atoms with Crippen molar-refractivity contribution in [2.75, 3.05) is 14.1 Å². The Morgan fingerprint density at radius 2 is 1.76 bits per heavy atom. The van der Waals surface area contributed by atoms with Gasteiger partial charge in [-0.3, -0.25) is 4.98 Å². The molecular formula is C15H19N3O2S. The van der Waals surface area contributed by atoms with E-state index in [1.807, 2.05) is 43.3 Å². The summed E-state index contributed by atoms with van der Waals surface area (Å²) in [5.41, 5.74) is 2.99. The van der Waals surface area contributed by atoms with Gasteiger partial charge >= 0.3 is 0 Å². The Morgan fingerprint density at radius 1 is 1.10 bits per heavy atom. The first-order valence-electron chi connectivity index (χ1n) is 6.60. The van der Waals surface area contributed by atoms with Crippen LogP contribution in [0.5, 0.6) is 0 Å². The van der Waals surface area contributed by atoms with Gasteiger partial charge in [-0.1, -0.05) is 30.3 Å². The van der Waals surface area contributed by atoms with Gasteiger partial charge in [0, 0.05) is 32.5 Å². The number of aromatic nitrogens is 1. The van der Waals surface area contributed by atoms with Gasteiger partial charge in [0.15, 0.2) is 0 Å². The minimum atomic E-state index is -3.43. The molecule has 0 radical (unpaired) electrons. The number of rotatable bonds is 5. The van der Waals surface area contributed by atoms with Crippen LogP contribution >= 0.6 is 0 Å². The number of nitrogens with zero attached hydrogens (tertiary/aromatic N) is 2. The summed E-state index contributed by atoms with van der Waals surface area (Å²) in [5.74, 6) is 0. The molecule has 21 heavy (non-hydrogen) atoms. The zero-order chi connectivity index (χ0) is 15.5. The van der Waals surface area contributed by atoms with Crippen molar-refractivity contribution in [1.29, 1.82) is 0 Å². The molecule has 2 aromatic rings. The molecule has 0 bridgehead atoms. The maximum Gasteiger partial charge on any atom is 0.279 e. The predicted octanol–water partition coefficient (Wildman–Crippen LogP) is 2.21. The van der Waals surface area contributed by atoms with Gasteiger partial charge in [-0.05, 0) is 29.7 Å². The van der Waals surface area contributed by atoms with Crippen LogP contribution in [0.1, 0.15) is 18.5 Å². The summed E-state index contributed by atoms with van der Waals surface area (Å²) in [6.07, 6.45) is 3.53. The van der Waals surface area contributed by atoms with E-state index in [1.165, 1.54) is 14.1 Å². The Bertz CT molecular complexity index is 683. The SMILES string of the molecule is C[C@H](NS(=O)(=O)N(C)C)c1ccc(-c2cccnc2)cc1. The Hall–Kier alpha value is -1.76. The van der Waals surface area contributed by atoms with E-state index < -0.39 is 10.2 Å². The number of benzene rings is 1. The molecule has 0 aliphatic heterocycles. The highest BCUT2D eigenvalue weighted by molar-refractivity contribution is 7.87. The van der Waals surface area contributed by atoms with Crippen molar-refractivity contribution in [3.63, 3.8) is 0 Å². The van der Waals surface area contributed by atoms with E-state index in [1.54, 1.807) is 12.4 Å². The summed E-state index contributed by atoms with van der Waals surface area (Å²) in [5, 5.41) is 0. The summed E-state index contributed by atoms with van der Waals surface area (Å²) in [6.45, 7) is 1.82. The normalized spacial score (nSPS) is 13.3. The lowest BCUT2D eigenvalue weighted by atomic mass is 10.0. The molecule has 5 nitrogen and oxygen atoms in total. The third-order valence-electron chi connectivity index (χ3n) is 3.21. The first-order chi connectivity index (χ1) is 9.90. The second-order valence-corrected chi connectivity index (χ2v) is 6.91. The number of hydrogen-bond donors (Lipinski definition) is 1. The van der Waals surface area contributed by atoms with Crippen LogP contribution in [0.25, 0.3) is 11.1 Å². The fourth-order valence-electron chi connectivity index (χ4n) is 1.89. The van der Waals surface area contributed by atoms with Gasteiger partial charge in [-0.25, -0.2) is 0 Å². The van der Waals surface area contributed by atoms with Crippen molar-refractivity contribution in [1.82, 2.24) is 14.0 Å². The zero-order valence-electron chi connectivity index (χ0n) is 12.3. The third kappa shape index (κ3) is 3.87. The molecular weight excluding hydrogens is 286 g/mol. The Labute approximate surface area is 125 Å². The predicted molar refractivity (Wildman–Crippen MR) is 83.8 cm³/mol. The molecule has 0 saturated heterocycles. The molecule has 1 heterocycles. The van der Waals surface area contributed by atoms with Gasteiger partial charge in [0.2, 0.25) is 0 Å². The van der Waals surface area contributed by atoms with Crippen LogP contribution in [-0.4, -0.2) is 31.8 Å². The molecule has 1 aromatic heterocycles. The highest BCUT2D eigenvalue weighted by atomic mass is 32.2. The van der Waals surface area contributed by atoms with Gasteiger partial charge in [-0.2, -0.15) is 17.4 Å². The Morgan fingerprint density at radius 3 is 2.29 bits per heavy atom. The first-order valence-corrected chi connectivity index (χ1v) is 8.04. The fraction of sp³-hybridized carbons (Fsp3) is 0.267. The lowest BCUT2D eigenvalue weighted by Crippen LogP contribution is -2.37. The highest BCUT2D eigenvalue weighted by Crippen LogP contribution is 2.21. The minimum Gasteiger partial charge on any atom is -0.264 e. The van der Waals surface area contributed by atoms with E-state index >= 15 is 0 Å². The quantitative estimate of drug-likeness (QED) is 0.921. The first kappa shape index (κ1) is 15.6. The molecule has 1 atom stereocenters. The minimum absolute atomic E-state index is 0.291. The molecule has 0 aliphatic carbocycles. The molecule has 112 valence electrons. The lowest BCUT2D eigenvalue weighted by molar-refractivity contribution is 0.494. The summed E-state index contributed by atoms with van der Waals surface area (Å²) >= 11 is 0. The maximum absolute atomic E-state index is 11.8. The third-order valence-corrected chi connectivity index (χ3v) is 4.82. The van der Waals surface area contributed by atoms with Crippen molar-refractivity contribution in [2.24, 2.45) is 0 Å². The summed E-state index contributed by atoms with van der Waals surface area (Å²) in [6, 6.07) is 11.4. The number of nitrogens with one attached hydrogen (secondary N) is 1. The molecule has 0 amide bonds. The molecule has 0 saturated carbocycles. The van der Waals surface area contributed by atoms with Gasteiger partial charge in [-0.15, -0.1) is 0 Å². The van der Waals surface area contributed by atoms with Crippen LogP contribution in [-0.2, 0) is 10.2 Å². The zero-order valence-corrected chi connectivity index (χ0v) is 13.1. The Kier molecular flexibility index (Phi) is 4.72. The van der Waals surface area contributed by atoms with E-state index in [2.05, 4.69) is 9.71 Å². The smallest absolute Gasteiger partial charge is 0.264 e. The molecule has 1 aromatic carbocycles. The van der Waals surface area contributed by atoms with Gasteiger partial charge in [0.25, 0.3) is 10.2 Å². The van der Waals surface area contributed by atoms with Crippen LogP contribution in [0.2, 0.25) is 0 Å². The second kappa shape index (κ2) is 6.34. The lowest BCUT2D eigenvalue weighted by Gasteiger charge is -2.18. The van der Waals surface area contributed by atoms with E-state index in [9.17, 15) is 8.42 Å². The van der Waals surface area contributed by atoms with Crippen molar-refractivity contribution in [3.05, 3.63) is 54.4 Å². The summed E-state index contributed by atoms with van der Waals surface area (Å²) in [4.78, 5) is 4.09.